The Balaban J connectivity index is 2.12. The monoisotopic (exact) mass is 249 g/mol. The topological polar surface area (TPSA) is 41.5 Å². The zero-order valence-electron chi connectivity index (χ0n) is 11.7. The van der Waals surface area contributed by atoms with E-state index in [0.29, 0.717) is 11.8 Å². The number of phenolic OH excluding ortho intramolecular Hbond substituents is 1. The molecule has 1 aromatic carbocycles. The van der Waals surface area contributed by atoms with Crippen LogP contribution < -0.4 is 5.32 Å². The number of benzene rings is 1. The lowest BCUT2D eigenvalue weighted by molar-refractivity contribution is -0.0553. The lowest BCUT2D eigenvalue weighted by Crippen LogP contribution is -2.40. The molecule has 0 bridgehead atoms. The molecule has 1 aromatic rings. The molecule has 1 fully saturated rings. The third-order valence-corrected chi connectivity index (χ3v) is 3.60. The van der Waals surface area contributed by atoms with Gasteiger partial charge in [0.2, 0.25) is 0 Å². The molecule has 1 saturated heterocycles. The number of ether oxygens (including phenoxy) is 1. The normalized spacial score (nSPS) is 22.8. The summed E-state index contributed by atoms with van der Waals surface area (Å²) >= 11 is 0. The fourth-order valence-corrected chi connectivity index (χ4v) is 2.53. The minimum absolute atomic E-state index is 0.0458. The summed E-state index contributed by atoms with van der Waals surface area (Å²) < 4.78 is 5.73. The summed E-state index contributed by atoms with van der Waals surface area (Å²) in [4.78, 5) is 0. The highest BCUT2D eigenvalue weighted by Gasteiger charge is 2.28. The largest absolute Gasteiger partial charge is 0.508 e. The van der Waals surface area contributed by atoms with Gasteiger partial charge in [0.05, 0.1) is 5.60 Å². The van der Waals surface area contributed by atoms with Crippen LogP contribution in [0, 0.1) is 13.8 Å². The van der Waals surface area contributed by atoms with Crippen LogP contribution in [0.5, 0.6) is 5.75 Å². The highest BCUT2D eigenvalue weighted by molar-refractivity contribution is 5.57. The Morgan fingerprint density at radius 2 is 2.00 bits per heavy atom. The van der Waals surface area contributed by atoms with Crippen LogP contribution in [-0.4, -0.2) is 23.4 Å². The number of hydrogen-bond acceptors (Lipinski definition) is 3. The number of hydrogen-bond donors (Lipinski definition) is 2. The molecule has 0 radical (unpaired) electrons. The van der Waals surface area contributed by atoms with Crippen molar-refractivity contribution in [1.29, 1.82) is 0 Å². The minimum atomic E-state index is -0.0458. The second kappa shape index (κ2) is 4.81. The summed E-state index contributed by atoms with van der Waals surface area (Å²) in [5.74, 6) is 0.366. The van der Waals surface area contributed by atoms with E-state index in [0.717, 1.165) is 36.3 Å². The highest BCUT2D eigenvalue weighted by Crippen LogP contribution is 2.30. The lowest BCUT2D eigenvalue weighted by Gasteiger charge is -2.36. The molecule has 0 amide bonds. The van der Waals surface area contributed by atoms with Gasteiger partial charge in [0.25, 0.3) is 0 Å². The first kappa shape index (κ1) is 13.2. The van der Waals surface area contributed by atoms with Gasteiger partial charge in [0, 0.05) is 18.3 Å². The number of aromatic hydroxyl groups is 1. The summed E-state index contributed by atoms with van der Waals surface area (Å²) in [7, 11) is 0. The maximum atomic E-state index is 9.67. The van der Waals surface area contributed by atoms with Crippen LogP contribution >= 0.6 is 0 Å². The number of aryl methyl sites for hydroxylation is 2. The SMILES string of the molecule is Cc1cc(NC2CCOC(C)(C)C2)c(C)cc1O. The van der Waals surface area contributed by atoms with Gasteiger partial charge in [-0.1, -0.05) is 0 Å². The van der Waals surface area contributed by atoms with Crippen molar-refractivity contribution in [2.75, 3.05) is 11.9 Å². The third-order valence-electron chi connectivity index (χ3n) is 3.60. The highest BCUT2D eigenvalue weighted by atomic mass is 16.5. The Hall–Kier alpha value is -1.22. The molecule has 1 aliphatic rings. The molecule has 18 heavy (non-hydrogen) atoms. The van der Waals surface area contributed by atoms with Crippen molar-refractivity contribution < 1.29 is 9.84 Å². The quantitative estimate of drug-likeness (QED) is 0.789. The van der Waals surface area contributed by atoms with E-state index in [1.165, 1.54) is 0 Å². The van der Waals surface area contributed by atoms with Crippen molar-refractivity contribution >= 4 is 5.69 Å². The van der Waals surface area contributed by atoms with Gasteiger partial charge in [-0.05, 0) is 63.8 Å². The lowest BCUT2D eigenvalue weighted by atomic mass is 9.93. The Kier molecular flexibility index (Phi) is 3.53. The maximum absolute atomic E-state index is 9.67. The van der Waals surface area contributed by atoms with E-state index in [1.807, 2.05) is 26.0 Å². The Labute approximate surface area is 109 Å². The first-order valence-corrected chi connectivity index (χ1v) is 6.58. The summed E-state index contributed by atoms with van der Waals surface area (Å²) in [6.45, 7) is 9.02. The molecule has 1 heterocycles. The number of anilines is 1. The average molecular weight is 249 g/mol. The summed E-state index contributed by atoms with van der Waals surface area (Å²) in [6, 6.07) is 4.28. The zero-order valence-corrected chi connectivity index (χ0v) is 11.7. The van der Waals surface area contributed by atoms with Gasteiger partial charge in [-0.3, -0.25) is 0 Å². The summed E-state index contributed by atoms with van der Waals surface area (Å²) in [5.41, 5.74) is 3.07. The molecule has 2 rings (SSSR count). The molecule has 100 valence electrons. The predicted molar refractivity (Wildman–Crippen MR) is 74.3 cm³/mol. The van der Waals surface area contributed by atoms with Crippen LogP contribution in [0.1, 0.15) is 37.8 Å². The molecule has 1 aliphatic heterocycles. The number of nitrogens with one attached hydrogen (secondary N) is 1. The molecular formula is C15H23NO2. The molecule has 1 unspecified atom stereocenters. The van der Waals surface area contributed by atoms with Crippen molar-refractivity contribution in [3.63, 3.8) is 0 Å². The average Bonchev–Trinajstić information content (AvgIpc) is 2.24. The predicted octanol–water partition coefficient (Wildman–Crippen LogP) is 3.38. The van der Waals surface area contributed by atoms with Crippen LogP contribution in [-0.2, 0) is 4.74 Å². The van der Waals surface area contributed by atoms with E-state index in [9.17, 15) is 5.11 Å². The first-order valence-electron chi connectivity index (χ1n) is 6.58. The van der Waals surface area contributed by atoms with E-state index >= 15 is 0 Å². The van der Waals surface area contributed by atoms with E-state index in [2.05, 4.69) is 19.2 Å². The molecular weight excluding hydrogens is 226 g/mol. The Morgan fingerprint density at radius 1 is 1.28 bits per heavy atom. The van der Waals surface area contributed by atoms with Crippen LogP contribution in [0.3, 0.4) is 0 Å². The molecule has 3 heteroatoms. The molecule has 2 N–H and O–H groups in total. The van der Waals surface area contributed by atoms with Crippen molar-refractivity contribution in [2.45, 2.75) is 52.2 Å². The van der Waals surface area contributed by atoms with Crippen LogP contribution in [0.15, 0.2) is 12.1 Å². The minimum Gasteiger partial charge on any atom is -0.508 e. The van der Waals surface area contributed by atoms with Gasteiger partial charge >= 0.3 is 0 Å². The smallest absolute Gasteiger partial charge is 0.118 e. The second-order valence-corrected chi connectivity index (χ2v) is 5.90. The van der Waals surface area contributed by atoms with E-state index in [4.69, 9.17) is 4.74 Å². The number of phenols is 1. The van der Waals surface area contributed by atoms with Crippen molar-refractivity contribution in [3.8, 4) is 5.75 Å². The molecule has 1 atom stereocenters. The molecule has 0 aromatic heterocycles. The summed E-state index contributed by atoms with van der Waals surface area (Å²) in [5, 5.41) is 13.2. The van der Waals surface area contributed by atoms with Gasteiger partial charge < -0.3 is 15.2 Å². The Morgan fingerprint density at radius 3 is 2.67 bits per heavy atom. The van der Waals surface area contributed by atoms with Crippen LogP contribution in [0.25, 0.3) is 0 Å². The molecule has 0 spiro atoms. The third kappa shape index (κ3) is 2.96. The zero-order chi connectivity index (χ0) is 13.3. The van der Waals surface area contributed by atoms with Crippen molar-refractivity contribution in [1.82, 2.24) is 0 Å². The second-order valence-electron chi connectivity index (χ2n) is 5.90. The van der Waals surface area contributed by atoms with Gasteiger partial charge in [-0.15, -0.1) is 0 Å². The van der Waals surface area contributed by atoms with Gasteiger partial charge in [-0.25, -0.2) is 0 Å². The first-order chi connectivity index (χ1) is 8.37. The summed E-state index contributed by atoms with van der Waals surface area (Å²) in [6.07, 6.45) is 2.04. The Bertz CT molecular complexity index is 440. The fraction of sp³-hybridized carbons (Fsp3) is 0.600. The molecule has 3 nitrogen and oxygen atoms in total. The molecule has 0 saturated carbocycles. The van der Waals surface area contributed by atoms with Gasteiger partial charge in [0.15, 0.2) is 0 Å². The van der Waals surface area contributed by atoms with Crippen LogP contribution in [0.4, 0.5) is 5.69 Å². The molecule has 0 aliphatic carbocycles. The standard InChI is InChI=1S/C15H23NO2/c1-10-8-14(17)11(2)7-13(10)16-12-5-6-18-15(3,4)9-12/h7-8,12,16-17H,5-6,9H2,1-4H3. The van der Waals surface area contributed by atoms with Gasteiger partial charge in [0.1, 0.15) is 5.75 Å². The van der Waals surface area contributed by atoms with Crippen LogP contribution in [0.2, 0.25) is 0 Å². The van der Waals surface area contributed by atoms with Gasteiger partial charge in [-0.2, -0.15) is 0 Å². The van der Waals surface area contributed by atoms with E-state index in [-0.39, 0.29) is 5.60 Å². The maximum Gasteiger partial charge on any atom is 0.118 e. The van der Waals surface area contributed by atoms with Crippen molar-refractivity contribution in [3.05, 3.63) is 23.3 Å². The fourth-order valence-electron chi connectivity index (χ4n) is 2.53. The van der Waals surface area contributed by atoms with E-state index in [1.54, 1.807) is 0 Å². The van der Waals surface area contributed by atoms with Crippen molar-refractivity contribution in [2.24, 2.45) is 0 Å². The van der Waals surface area contributed by atoms with E-state index < -0.39 is 0 Å². The number of rotatable bonds is 2.